The number of aromatic hydroxyl groups is 1. The minimum absolute atomic E-state index is 0.120. The molecule has 0 aromatic heterocycles. The summed E-state index contributed by atoms with van der Waals surface area (Å²) in [5.41, 5.74) is 0.253. The molecule has 0 amide bonds. The third kappa shape index (κ3) is 1.05. The molecule has 50 valence electrons. The first kappa shape index (κ1) is 6.93. The quantitative estimate of drug-likeness (QED) is 0.630. The van der Waals surface area contributed by atoms with Crippen LogP contribution in [0.15, 0.2) is 18.2 Å². The molecule has 1 N–H and O–H groups in total. The van der Waals surface area contributed by atoms with Crippen molar-refractivity contribution in [3.05, 3.63) is 37.8 Å². The number of ether oxygens (including phenoxy) is 1. The number of phenols is 1. The largest absolute Gasteiger partial charge is 0.504 e. The second-order valence-electron chi connectivity index (χ2n) is 1.81. The van der Waals surface area contributed by atoms with Gasteiger partial charge in [0.2, 0.25) is 0 Å². The maximum absolute atomic E-state index is 9.07. The minimum atomic E-state index is -0.120. The Hall–Kier alpha value is -1.18. The van der Waals surface area contributed by atoms with Gasteiger partial charge in [-0.3, -0.25) is 0 Å². The second kappa shape index (κ2) is 2.60. The van der Waals surface area contributed by atoms with Crippen LogP contribution >= 0.6 is 0 Å². The number of para-hydroxylation sites is 1. The van der Waals surface area contributed by atoms with Crippen molar-refractivity contribution in [1.29, 1.82) is 0 Å². The lowest BCUT2D eigenvalue weighted by molar-refractivity contribution is 0.405. The smallest absolute Gasteiger partial charge is 0.180 e. The second-order valence-corrected chi connectivity index (χ2v) is 1.81. The Labute approximate surface area is 60.1 Å². The lowest BCUT2D eigenvalue weighted by Crippen LogP contribution is -1.81. The van der Waals surface area contributed by atoms with Crippen LogP contribution in [0.4, 0.5) is 0 Å². The Kier molecular flexibility index (Phi) is 1.81. The normalized spacial score (nSPS) is 9.40. The predicted molar refractivity (Wildman–Crippen MR) is 36.4 cm³/mol. The van der Waals surface area contributed by atoms with Crippen molar-refractivity contribution in [2.45, 2.75) is 0 Å². The number of rotatable bonds is 1. The molecule has 10 heavy (non-hydrogen) atoms. The van der Waals surface area contributed by atoms with E-state index in [1.165, 1.54) is 6.07 Å². The molecule has 0 aliphatic carbocycles. The zero-order valence-corrected chi connectivity index (χ0v) is 5.24. The summed E-state index contributed by atoms with van der Waals surface area (Å²) in [6.45, 7) is 5.31. The molecule has 0 saturated carbocycles. The van der Waals surface area contributed by atoms with E-state index in [4.69, 9.17) is 19.1 Å². The summed E-state index contributed by atoms with van der Waals surface area (Å²) in [4.78, 5) is 0. The molecule has 0 fully saturated rings. The van der Waals surface area contributed by atoms with Crippen molar-refractivity contribution in [3.63, 3.8) is 0 Å². The van der Waals surface area contributed by atoms with Gasteiger partial charge in [0.05, 0.1) is 0 Å². The van der Waals surface area contributed by atoms with E-state index in [9.17, 15) is 0 Å². The van der Waals surface area contributed by atoms with E-state index in [0.717, 1.165) is 0 Å². The molecule has 1 rings (SSSR count). The van der Waals surface area contributed by atoms with E-state index >= 15 is 0 Å². The van der Waals surface area contributed by atoms with Crippen molar-refractivity contribution >= 4 is 0 Å². The molecular weight excluding hydrogens is 128 g/mol. The zero-order chi connectivity index (χ0) is 7.56. The van der Waals surface area contributed by atoms with E-state index < -0.39 is 0 Å². The number of benzene rings is 1. The highest BCUT2D eigenvalue weighted by atomic mass is 16.5. The van der Waals surface area contributed by atoms with Gasteiger partial charge < -0.3 is 9.84 Å². The van der Waals surface area contributed by atoms with Crippen molar-refractivity contribution in [2.75, 3.05) is 0 Å². The highest BCUT2D eigenvalue weighted by Crippen LogP contribution is 2.28. The van der Waals surface area contributed by atoms with E-state index in [-0.39, 0.29) is 17.1 Å². The summed E-state index contributed by atoms with van der Waals surface area (Å²) >= 11 is 0. The molecule has 0 saturated heterocycles. The molecule has 2 heteroatoms. The average molecular weight is 134 g/mol. The number of phenolic OH excluding ortho intramolecular Hbond substituents is 1. The van der Waals surface area contributed by atoms with Crippen LogP contribution in [-0.4, -0.2) is 5.11 Å². The summed E-state index contributed by atoms with van der Waals surface area (Å²) in [6, 6.07) is 4.71. The SMILES string of the molecule is [CH]Oc1cccc([CH])c1O. The van der Waals surface area contributed by atoms with Crippen LogP contribution in [0.25, 0.3) is 0 Å². The Bertz CT molecular complexity index is 231. The third-order valence-corrected chi connectivity index (χ3v) is 1.16. The summed E-state index contributed by atoms with van der Waals surface area (Å²) in [6.07, 6.45) is 0. The van der Waals surface area contributed by atoms with Gasteiger partial charge in [-0.15, -0.1) is 0 Å². The predicted octanol–water partition coefficient (Wildman–Crippen LogP) is 1.50. The average Bonchev–Trinajstić information content (AvgIpc) is 1.95. The van der Waals surface area contributed by atoms with Gasteiger partial charge in [-0.1, -0.05) is 12.1 Å². The first-order valence-corrected chi connectivity index (χ1v) is 2.70. The molecular formula is C8H6O2. The third-order valence-electron chi connectivity index (χ3n) is 1.16. The molecule has 1 aromatic rings. The van der Waals surface area contributed by atoms with Crippen LogP contribution in [0.5, 0.6) is 11.5 Å². The van der Waals surface area contributed by atoms with Gasteiger partial charge in [0.25, 0.3) is 0 Å². The van der Waals surface area contributed by atoms with Gasteiger partial charge in [0.15, 0.2) is 18.6 Å². The first-order chi connectivity index (χ1) is 4.75. The zero-order valence-electron chi connectivity index (χ0n) is 5.24. The monoisotopic (exact) mass is 134 g/mol. The van der Waals surface area contributed by atoms with Gasteiger partial charge in [0.1, 0.15) is 0 Å². The molecule has 0 aliphatic rings. The Morgan fingerprint density at radius 3 is 2.60 bits per heavy atom. The van der Waals surface area contributed by atoms with Crippen LogP contribution in [0.2, 0.25) is 0 Å². The Morgan fingerprint density at radius 2 is 2.10 bits per heavy atom. The van der Waals surface area contributed by atoms with Gasteiger partial charge >= 0.3 is 0 Å². The molecule has 0 heterocycles. The molecule has 0 atom stereocenters. The first-order valence-electron chi connectivity index (χ1n) is 2.70. The minimum Gasteiger partial charge on any atom is -0.504 e. The summed E-state index contributed by atoms with van der Waals surface area (Å²) in [5, 5.41) is 9.07. The molecule has 1 aromatic carbocycles. The van der Waals surface area contributed by atoms with Crippen LogP contribution < -0.4 is 4.74 Å². The Balaban J connectivity index is 3.14. The molecule has 0 bridgehead atoms. The van der Waals surface area contributed by atoms with E-state index in [2.05, 4.69) is 4.74 Å². The molecule has 0 spiro atoms. The van der Waals surface area contributed by atoms with Crippen molar-refractivity contribution in [3.8, 4) is 11.5 Å². The lowest BCUT2D eigenvalue weighted by atomic mass is 10.2. The van der Waals surface area contributed by atoms with Gasteiger partial charge in [0, 0.05) is 12.5 Å². The topological polar surface area (TPSA) is 29.5 Å². The maximum atomic E-state index is 9.07. The molecule has 2 nitrogen and oxygen atoms in total. The van der Waals surface area contributed by atoms with Crippen LogP contribution in [0.3, 0.4) is 0 Å². The molecule has 0 aliphatic heterocycles. The van der Waals surface area contributed by atoms with E-state index in [1.807, 2.05) is 0 Å². The van der Waals surface area contributed by atoms with Gasteiger partial charge in [-0.25, -0.2) is 0 Å². The Morgan fingerprint density at radius 1 is 1.40 bits per heavy atom. The summed E-state index contributed by atoms with van der Waals surface area (Å²) in [7, 11) is 4.80. The van der Waals surface area contributed by atoms with Crippen molar-refractivity contribution in [2.24, 2.45) is 0 Å². The fourth-order valence-corrected chi connectivity index (χ4v) is 0.634. The summed E-state index contributed by atoms with van der Waals surface area (Å²) < 4.78 is 4.30. The number of hydrogen-bond donors (Lipinski definition) is 1. The lowest BCUT2D eigenvalue weighted by Gasteiger charge is -2.02. The van der Waals surface area contributed by atoms with E-state index in [0.29, 0.717) is 0 Å². The number of hydrogen-bond acceptors (Lipinski definition) is 2. The van der Waals surface area contributed by atoms with Crippen molar-refractivity contribution < 1.29 is 9.84 Å². The molecule has 4 radical (unpaired) electrons. The van der Waals surface area contributed by atoms with Crippen LogP contribution in [0, 0.1) is 14.0 Å². The highest BCUT2D eigenvalue weighted by molar-refractivity contribution is 5.46. The van der Waals surface area contributed by atoms with Crippen molar-refractivity contribution in [1.82, 2.24) is 0 Å². The fraction of sp³-hybridized carbons (Fsp3) is 0. The maximum Gasteiger partial charge on any atom is 0.180 e. The standard InChI is InChI=1S/C8H6O2/c1-6-4-3-5-7(10-2)8(6)9/h1-5,9H. The van der Waals surface area contributed by atoms with Crippen LogP contribution in [-0.2, 0) is 0 Å². The van der Waals surface area contributed by atoms with E-state index in [1.54, 1.807) is 12.1 Å². The molecule has 0 unspecified atom stereocenters. The van der Waals surface area contributed by atoms with Gasteiger partial charge in [-0.2, -0.15) is 0 Å². The van der Waals surface area contributed by atoms with Gasteiger partial charge in [-0.05, 0) is 6.07 Å². The summed E-state index contributed by atoms with van der Waals surface area (Å²) in [5.74, 6) is 0.0602. The highest BCUT2D eigenvalue weighted by Gasteiger charge is 2.01. The fourth-order valence-electron chi connectivity index (χ4n) is 0.634. The van der Waals surface area contributed by atoms with Crippen LogP contribution in [0.1, 0.15) is 5.56 Å².